The normalized spacial score (nSPS) is 8.67. The number of methoxy groups -OCH3 is 2. The molecule has 0 saturated heterocycles. The van der Waals surface area contributed by atoms with E-state index < -0.39 is 0 Å². The molecule has 5 nitrogen and oxygen atoms in total. The molecule has 1 aromatic rings. The Morgan fingerprint density at radius 3 is 2.39 bits per heavy atom. The Hall–Kier alpha value is -2.66. The molecule has 0 aliphatic carbocycles. The minimum absolute atomic E-state index is 0.0140. The third-order valence-corrected chi connectivity index (χ3v) is 2.16. The van der Waals surface area contributed by atoms with Crippen LogP contribution in [0.25, 0.3) is 0 Å². The monoisotopic (exact) mass is 244 g/mol. The first-order chi connectivity index (χ1) is 8.74. The third kappa shape index (κ3) is 3.43. The van der Waals surface area contributed by atoms with Gasteiger partial charge in [0, 0.05) is 6.07 Å². The summed E-state index contributed by atoms with van der Waals surface area (Å²) < 4.78 is 15.4. The van der Waals surface area contributed by atoms with Crippen molar-refractivity contribution in [1.82, 2.24) is 0 Å². The third-order valence-electron chi connectivity index (χ3n) is 2.16. The maximum Gasteiger partial charge on any atom is 0.170 e. The molecule has 0 N–H and O–H groups in total. The van der Waals surface area contributed by atoms with Crippen LogP contribution in [0.1, 0.15) is 0 Å². The van der Waals surface area contributed by atoms with Crippen molar-refractivity contribution >= 4 is 0 Å². The largest absolute Gasteiger partial charge is 0.497 e. The van der Waals surface area contributed by atoms with E-state index >= 15 is 0 Å². The smallest absolute Gasteiger partial charge is 0.170 e. The lowest BCUT2D eigenvalue weighted by Gasteiger charge is -2.09. The first-order valence-electron chi connectivity index (χ1n) is 5.09. The van der Waals surface area contributed by atoms with Gasteiger partial charge in [0.15, 0.2) is 11.3 Å². The SMILES string of the molecule is COC(COc1cccc(OC)c1)=C(C#N)C#N. The van der Waals surface area contributed by atoms with Gasteiger partial charge in [-0.3, -0.25) is 0 Å². The standard InChI is InChI=1S/C13H12N2O3/c1-16-11-4-3-5-12(6-11)18-9-13(17-2)10(7-14)8-15/h3-6H,9H2,1-2H3. The van der Waals surface area contributed by atoms with Crippen molar-refractivity contribution in [1.29, 1.82) is 10.5 Å². The molecule has 0 aliphatic rings. The second-order valence-corrected chi connectivity index (χ2v) is 3.19. The average Bonchev–Trinajstić information content (AvgIpc) is 2.43. The second-order valence-electron chi connectivity index (χ2n) is 3.19. The van der Waals surface area contributed by atoms with Gasteiger partial charge in [-0.1, -0.05) is 6.07 Å². The summed E-state index contributed by atoms with van der Waals surface area (Å²) in [6, 6.07) is 10.5. The molecule has 0 saturated carbocycles. The molecule has 1 aromatic carbocycles. The van der Waals surface area contributed by atoms with E-state index in [-0.39, 0.29) is 17.9 Å². The van der Waals surface area contributed by atoms with Gasteiger partial charge in [-0.2, -0.15) is 10.5 Å². The van der Waals surface area contributed by atoms with Gasteiger partial charge in [0.2, 0.25) is 0 Å². The number of nitrogens with zero attached hydrogens (tertiary/aromatic N) is 2. The number of benzene rings is 1. The minimum Gasteiger partial charge on any atom is -0.497 e. The lowest BCUT2D eigenvalue weighted by Crippen LogP contribution is -2.05. The van der Waals surface area contributed by atoms with Crippen molar-refractivity contribution in [2.24, 2.45) is 0 Å². The van der Waals surface area contributed by atoms with E-state index in [4.69, 9.17) is 24.7 Å². The molecular formula is C13H12N2O3. The Balaban J connectivity index is 2.78. The van der Waals surface area contributed by atoms with E-state index in [2.05, 4.69) is 0 Å². The quantitative estimate of drug-likeness (QED) is 0.585. The van der Waals surface area contributed by atoms with Crippen molar-refractivity contribution in [3.63, 3.8) is 0 Å². The Morgan fingerprint density at radius 1 is 1.17 bits per heavy atom. The van der Waals surface area contributed by atoms with Gasteiger partial charge >= 0.3 is 0 Å². The zero-order chi connectivity index (χ0) is 13.4. The molecule has 0 atom stereocenters. The zero-order valence-electron chi connectivity index (χ0n) is 10.1. The fourth-order valence-corrected chi connectivity index (χ4v) is 1.22. The first kappa shape index (κ1) is 13.4. The first-order valence-corrected chi connectivity index (χ1v) is 5.09. The van der Waals surface area contributed by atoms with Crippen LogP contribution in [-0.4, -0.2) is 20.8 Å². The molecule has 0 spiro atoms. The number of ether oxygens (including phenoxy) is 3. The predicted octanol–water partition coefficient (Wildman–Crippen LogP) is 2.02. The van der Waals surface area contributed by atoms with Crippen LogP contribution >= 0.6 is 0 Å². The number of hydrogen-bond acceptors (Lipinski definition) is 5. The zero-order valence-corrected chi connectivity index (χ0v) is 10.1. The van der Waals surface area contributed by atoms with Crippen LogP contribution in [0.15, 0.2) is 35.6 Å². The highest BCUT2D eigenvalue weighted by Gasteiger charge is 2.07. The number of nitriles is 2. The number of allylic oxidation sites excluding steroid dienone is 1. The van der Waals surface area contributed by atoms with Gasteiger partial charge in [-0.05, 0) is 12.1 Å². The van der Waals surface area contributed by atoms with Gasteiger partial charge in [0.25, 0.3) is 0 Å². The van der Waals surface area contributed by atoms with Crippen LogP contribution in [0.2, 0.25) is 0 Å². The van der Waals surface area contributed by atoms with Crippen molar-refractivity contribution in [3.05, 3.63) is 35.6 Å². The lowest BCUT2D eigenvalue weighted by molar-refractivity contribution is 0.217. The van der Waals surface area contributed by atoms with Crippen molar-refractivity contribution < 1.29 is 14.2 Å². The van der Waals surface area contributed by atoms with Gasteiger partial charge in [0.05, 0.1) is 14.2 Å². The van der Waals surface area contributed by atoms with E-state index in [0.29, 0.717) is 11.5 Å². The van der Waals surface area contributed by atoms with Gasteiger partial charge < -0.3 is 14.2 Å². The summed E-state index contributed by atoms with van der Waals surface area (Å²) in [5, 5.41) is 17.4. The lowest BCUT2D eigenvalue weighted by atomic mass is 10.3. The molecule has 0 bridgehead atoms. The molecule has 0 fully saturated rings. The molecule has 92 valence electrons. The highest BCUT2D eigenvalue weighted by Crippen LogP contribution is 2.19. The highest BCUT2D eigenvalue weighted by atomic mass is 16.5. The van der Waals surface area contributed by atoms with Crippen LogP contribution in [-0.2, 0) is 4.74 Å². The summed E-state index contributed by atoms with van der Waals surface area (Å²) in [6.07, 6.45) is 0. The molecule has 5 heteroatoms. The van der Waals surface area contributed by atoms with Crippen LogP contribution in [0.4, 0.5) is 0 Å². The van der Waals surface area contributed by atoms with Crippen molar-refractivity contribution in [2.75, 3.05) is 20.8 Å². The molecule has 18 heavy (non-hydrogen) atoms. The highest BCUT2D eigenvalue weighted by molar-refractivity contribution is 5.39. The molecule has 1 rings (SSSR count). The Bertz CT molecular complexity index is 508. The summed E-state index contributed by atoms with van der Waals surface area (Å²) >= 11 is 0. The maximum atomic E-state index is 8.72. The maximum absolute atomic E-state index is 8.72. The molecule has 0 amide bonds. The molecule has 0 aromatic heterocycles. The fraction of sp³-hybridized carbons (Fsp3) is 0.231. The van der Waals surface area contributed by atoms with Crippen LogP contribution in [0.5, 0.6) is 11.5 Å². The van der Waals surface area contributed by atoms with Crippen LogP contribution in [0.3, 0.4) is 0 Å². The number of rotatable bonds is 5. The molecule has 0 heterocycles. The molecular weight excluding hydrogens is 232 g/mol. The number of hydrogen-bond donors (Lipinski definition) is 0. The van der Waals surface area contributed by atoms with Crippen molar-refractivity contribution in [3.8, 4) is 23.6 Å². The van der Waals surface area contributed by atoms with Gasteiger partial charge in [0.1, 0.15) is 30.2 Å². The molecule has 0 aliphatic heterocycles. The Labute approximate surface area is 105 Å². The Morgan fingerprint density at radius 2 is 1.83 bits per heavy atom. The van der Waals surface area contributed by atoms with E-state index in [9.17, 15) is 0 Å². The van der Waals surface area contributed by atoms with Gasteiger partial charge in [-0.25, -0.2) is 0 Å². The van der Waals surface area contributed by atoms with E-state index in [1.54, 1.807) is 43.5 Å². The minimum atomic E-state index is -0.0969. The summed E-state index contributed by atoms with van der Waals surface area (Å²) in [5.74, 6) is 1.43. The fourth-order valence-electron chi connectivity index (χ4n) is 1.22. The molecule has 0 unspecified atom stereocenters. The van der Waals surface area contributed by atoms with E-state index in [0.717, 1.165) is 0 Å². The molecule has 0 radical (unpaired) electrons. The predicted molar refractivity (Wildman–Crippen MR) is 63.8 cm³/mol. The summed E-state index contributed by atoms with van der Waals surface area (Å²) in [7, 11) is 2.95. The Kier molecular flexibility index (Phi) is 5.08. The summed E-state index contributed by atoms with van der Waals surface area (Å²) in [4.78, 5) is 0. The van der Waals surface area contributed by atoms with Crippen molar-refractivity contribution in [2.45, 2.75) is 0 Å². The second kappa shape index (κ2) is 6.82. The average molecular weight is 244 g/mol. The van der Waals surface area contributed by atoms with Crippen LogP contribution in [0, 0.1) is 22.7 Å². The topological polar surface area (TPSA) is 75.3 Å². The van der Waals surface area contributed by atoms with E-state index in [1.807, 2.05) is 0 Å². The summed E-state index contributed by atoms with van der Waals surface area (Å²) in [5.41, 5.74) is -0.0969. The summed E-state index contributed by atoms with van der Waals surface area (Å²) in [6.45, 7) is 0.0140. The van der Waals surface area contributed by atoms with E-state index in [1.165, 1.54) is 7.11 Å². The van der Waals surface area contributed by atoms with Gasteiger partial charge in [-0.15, -0.1) is 0 Å². The van der Waals surface area contributed by atoms with Crippen LogP contribution < -0.4 is 9.47 Å².